The number of aromatic nitrogens is 2. The lowest BCUT2D eigenvalue weighted by Crippen LogP contribution is -2.27. The average Bonchev–Trinajstić information content (AvgIpc) is 3.15. The quantitative estimate of drug-likeness (QED) is 0.907. The van der Waals surface area contributed by atoms with Crippen LogP contribution in [-0.2, 0) is 6.54 Å². The third-order valence-corrected chi connectivity index (χ3v) is 4.41. The fraction of sp³-hybridized carbons (Fsp3) is 0.421. The van der Waals surface area contributed by atoms with Crippen molar-refractivity contribution in [1.82, 2.24) is 14.9 Å². The van der Waals surface area contributed by atoms with Crippen LogP contribution in [0.1, 0.15) is 34.3 Å². The van der Waals surface area contributed by atoms with Gasteiger partial charge in [-0.2, -0.15) is 4.98 Å². The maximum Gasteiger partial charge on any atom is 0.253 e. The van der Waals surface area contributed by atoms with Crippen LogP contribution in [0.15, 0.2) is 30.5 Å². The van der Waals surface area contributed by atoms with Crippen molar-refractivity contribution in [2.75, 3.05) is 37.4 Å². The number of carbonyl (C=O) groups excluding carboxylic acids is 1. The number of carbonyl (C=O) groups is 1. The largest absolute Gasteiger partial charge is 0.362 e. The van der Waals surface area contributed by atoms with Crippen molar-refractivity contribution >= 4 is 17.7 Å². The maximum absolute atomic E-state index is 12.4. The molecule has 1 N–H and O–H groups in total. The van der Waals surface area contributed by atoms with Crippen molar-refractivity contribution in [2.45, 2.75) is 26.3 Å². The van der Waals surface area contributed by atoms with Gasteiger partial charge in [0.05, 0.1) is 0 Å². The molecule has 0 saturated carbocycles. The smallest absolute Gasteiger partial charge is 0.253 e. The van der Waals surface area contributed by atoms with Crippen molar-refractivity contribution in [1.29, 1.82) is 0 Å². The number of rotatable bonds is 5. The van der Waals surface area contributed by atoms with Crippen LogP contribution >= 0.6 is 0 Å². The highest BCUT2D eigenvalue weighted by molar-refractivity contribution is 5.94. The molecule has 0 bridgehead atoms. The zero-order valence-corrected chi connectivity index (χ0v) is 15.1. The summed E-state index contributed by atoms with van der Waals surface area (Å²) in [4.78, 5) is 25.1. The topological polar surface area (TPSA) is 61.4 Å². The van der Waals surface area contributed by atoms with E-state index in [1.54, 1.807) is 0 Å². The Morgan fingerprint density at radius 3 is 2.52 bits per heavy atom. The lowest BCUT2D eigenvalue weighted by Gasteiger charge is -2.16. The van der Waals surface area contributed by atoms with Crippen molar-refractivity contribution in [3.05, 3.63) is 47.2 Å². The van der Waals surface area contributed by atoms with Gasteiger partial charge in [0.15, 0.2) is 0 Å². The second kappa shape index (κ2) is 7.51. The minimum Gasteiger partial charge on any atom is -0.362 e. The SMILES string of the molecule is Cc1cnc(NCc2ccc(C(=O)N3CCCC3)cc2)nc1N(C)C. The minimum atomic E-state index is 0.134. The standard InChI is InChI=1S/C19H25N5O/c1-14-12-20-19(22-17(14)23(2)3)21-13-15-6-8-16(9-7-15)18(25)24-10-4-5-11-24/h6-9,12H,4-5,10-11,13H2,1-3H3,(H,20,21,22). The Labute approximate surface area is 148 Å². The Morgan fingerprint density at radius 1 is 1.20 bits per heavy atom. The lowest BCUT2D eigenvalue weighted by atomic mass is 10.1. The summed E-state index contributed by atoms with van der Waals surface area (Å²) in [5.74, 6) is 1.64. The zero-order chi connectivity index (χ0) is 17.8. The molecule has 1 aliphatic rings. The van der Waals surface area contributed by atoms with Crippen LogP contribution in [0.3, 0.4) is 0 Å². The van der Waals surface area contributed by atoms with Gasteiger partial charge in [-0.05, 0) is 37.5 Å². The molecule has 1 aliphatic heterocycles. The fourth-order valence-electron chi connectivity index (χ4n) is 3.02. The zero-order valence-electron chi connectivity index (χ0n) is 15.1. The van der Waals surface area contributed by atoms with Gasteiger partial charge in [0.1, 0.15) is 5.82 Å². The van der Waals surface area contributed by atoms with E-state index in [-0.39, 0.29) is 5.91 Å². The molecule has 2 aromatic rings. The predicted octanol–water partition coefficient (Wildman–Crippen LogP) is 2.70. The second-order valence-corrected chi connectivity index (χ2v) is 6.64. The lowest BCUT2D eigenvalue weighted by molar-refractivity contribution is 0.0793. The highest BCUT2D eigenvalue weighted by Crippen LogP contribution is 2.16. The number of aryl methyl sites for hydroxylation is 1. The molecule has 0 aliphatic carbocycles. The summed E-state index contributed by atoms with van der Waals surface area (Å²) in [5, 5.41) is 3.24. The molecule has 0 unspecified atom stereocenters. The molecular weight excluding hydrogens is 314 g/mol. The molecule has 6 nitrogen and oxygen atoms in total. The summed E-state index contributed by atoms with van der Waals surface area (Å²) in [5.41, 5.74) is 2.89. The summed E-state index contributed by atoms with van der Waals surface area (Å²) in [7, 11) is 3.93. The molecule has 25 heavy (non-hydrogen) atoms. The molecule has 6 heteroatoms. The van der Waals surface area contributed by atoms with E-state index in [2.05, 4.69) is 15.3 Å². The first-order valence-electron chi connectivity index (χ1n) is 8.67. The van der Waals surface area contributed by atoms with E-state index in [0.717, 1.165) is 48.4 Å². The summed E-state index contributed by atoms with van der Waals surface area (Å²) in [6.45, 7) is 4.37. The Bertz CT molecular complexity index is 736. The van der Waals surface area contributed by atoms with Gasteiger partial charge in [0, 0.05) is 51.1 Å². The maximum atomic E-state index is 12.4. The molecule has 1 amide bonds. The molecule has 132 valence electrons. The Kier molecular flexibility index (Phi) is 5.16. The molecular formula is C19H25N5O. The molecule has 1 saturated heterocycles. The van der Waals surface area contributed by atoms with Gasteiger partial charge >= 0.3 is 0 Å². The van der Waals surface area contributed by atoms with E-state index in [9.17, 15) is 4.79 Å². The summed E-state index contributed by atoms with van der Waals surface area (Å²) in [6.07, 6.45) is 4.04. The first kappa shape index (κ1) is 17.2. The summed E-state index contributed by atoms with van der Waals surface area (Å²) < 4.78 is 0. The van der Waals surface area contributed by atoms with E-state index in [4.69, 9.17) is 0 Å². The van der Waals surface area contributed by atoms with Crippen molar-refractivity contribution in [2.24, 2.45) is 0 Å². The van der Waals surface area contributed by atoms with Crippen molar-refractivity contribution in [3.63, 3.8) is 0 Å². The van der Waals surface area contributed by atoms with Gasteiger partial charge in [0.2, 0.25) is 5.95 Å². The first-order valence-corrected chi connectivity index (χ1v) is 8.67. The van der Waals surface area contributed by atoms with Gasteiger partial charge in [-0.1, -0.05) is 12.1 Å². The molecule has 2 heterocycles. The molecule has 1 fully saturated rings. The Morgan fingerprint density at radius 2 is 1.88 bits per heavy atom. The normalized spacial score (nSPS) is 13.8. The highest BCUT2D eigenvalue weighted by Gasteiger charge is 2.19. The van der Waals surface area contributed by atoms with E-state index in [1.807, 2.05) is 61.3 Å². The van der Waals surface area contributed by atoms with Crippen LogP contribution in [-0.4, -0.2) is 48.0 Å². The summed E-state index contributed by atoms with van der Waals surface area (Å²) >= 11 is 0. The Hall–Kier alpha value is -2.63. The number of nitrogens with one attached hydrogen (secondary N) is 1. The second-order valence-electron chi connectivity index (χ2n) is 6.64. The number of hydrogen-bond donors (Lipinski definition) is 1. The van der Waals surface area contributed by atoms with Gasteiger partial charge < -0.3 is 15.1 Å². The van der Waals surface area contributed by atoms with Crippen LogP contribution in [0.2, 0.25) is 0 Å². The van der Waals surface area contributed by atoms with Crippen LogP contribution < -0.4 is 10.2 Å². The highest BCUT2D eigenvalue weighted by atomic mass is 16.2. The van der Waals surface area contributed by atoms with E-state index >= 15 is 0 Å². The molecule has 0 spiro atoms. The van der Waals surface area contributed by atoms with E-state index < -0.39 is 0 Å². The molecule has 0 radical (unpaired) electrons. The number of benzene rings is 1. The van der Waals surface area contributed by atoms with Gasteiger partial charge in [0.25, 0.3) is 5.91 Å². The molecule has 3 rings (SSSR count). The number of hydrogen-bond acceptors (Lipinski definition) is 5. The number of nitrogens with zero attached hydrogens (tertiary/aromatic N) is 4. The van der Waals surface area contributed by atoms with E-state index in [1.165, 1.54) is 0 Å². The van der Waals surface area contributed by atoms with Crippen molar-refractivity contribution in [3.8, 4) is 0 Å². The third-order valence-electron chi connectivity index (χ3n) is 4.41. The average molecular weight is 339 g/mol. The predicted molar refractivity (Wildman–Crippen MR) is 100 cm³/mol. The third kappa shape index (κ3) is 4.07. The summed E-state index contributed by atoms with van der Waals surface area (Å²) in [6, 6.07) is 7.77. The first-order chi connectivity index (χ1) is 12.0. The minimum absolute atomic E-state index is 0.134. The fourth-order valence-corrected chi connectivity index (χ4v) is 3.02. The van der Waals surface area contributed by atoms with Gasteiger partial charge in [-0.3, -0.25) is 4.79 Å². The Balaban J connectivity index is 1.62. The monoisotopic (exact) mass is 339 g/mol. The number of amides is 1. The number of likely N-dealkylation sites (tertiary alicyclic amines) is 1. The van der Waals surface area contributed by atoms with Gasteiger partial charge in [-0.25, -0.2) is 4.98 Å². The van der Waals surface area contributed by atoms with Crippen LogP contribution in [0.5, 0.6) is 0 Å². The van der Waals surface area contributed by atoms with Crippen molar-refractivity contribution < 1.29 is 4.79 Å². The molecule has 1 aromatic heterocycles. The molecule has 1 aromatic carbocycles. The van der Waals surface area contributed by atoms with Crippen LogP contribution in [0.25, 0.3) is 0 Å². The van der Waals surface area contributed by atoms with E-state index in [0.29, 0.717) is 12.5 Å². The number of anilines is 2. The molecule has 0 atom stereocenters. The van der Waals surface area contributed by atoms with Crippen LogP contribution in [0.4, 0.5) is 11.8 Å². The van der Waals surface area contributed by atoms with Gasteiger partial charge in [-0.15, -0.1) is 0 Å². The van der Waals surface area contributed by atoms with Crippen LogP contribution in [0, 0.1) is 6.92 Å².